The number of nitrogens with zero attached hydrogens (tertiary/aromatic N) is 1. The van der Waals surface area contributed by atoms with Crippen LogP contribution in [-0.2, 0) is 27.3 Å². The van der Waals surface area contributed by atoms with Crippen LogP contribution >= 0.6 is 0 Å². The van der Waals surface area contributed by atoms with E-state index < -0.39 is 5.92 Å². The summed E-state index contributed by atoms with van der Waals surface area (Å²) in [6.45, 7) is 4.48. The Morgan fingerprint density at radius 3 is 2.63 bits per heavy atom. The van der Waals surface area contributed by atoms with Gasteiger partial charge in [0, 0.05) is 24.3 Å². The lowest BCUT2D eigenvalue weighted by Crippen LogP contribution is -2.32. The van der Waals surface area contributed by atoms with Gasteiger partial charge in [-0.25, -0.2) is 0 Å². The van der Waals surface area contributed by atoms with Gasteiger partial charge in [-0.3, -0.25) is 14.4 Å². The van der Waals surface area contributed by atoms with Crippen LogP contribution in [0, 0.1) is 12.8 Å². The third kappa shape index (κ3) is 5.90. The van der Waals surface area contributed by atoms with E-state index >= 15 is 0 Å². The molecule has 4 rings (SSSR count). The second kappa shape index (κ2) is 10.9. The van der Waals surface area contributed by atoms with Crippen LogP contribution in [0.25, 0.3) is 0 Å². The number of hydrogen-bond donors (Lipinski definition) is 2. The first-order valence-electron chi connectivity index (χ1n) is 11.7. The van der Waals surface area contributed by atoms with Crippen molar-refractivity contribution in [2.45, 2.75) is 33.2 Å². The predicted octanol–water partition coefficient (Wildman–Crippen LogP) is 3.84. The number of ether oxygens (including phenoxy) is 1. The van der Waals surface area contributed by atoms with Gasteiger partial charge in [0.25, 0.3) is 5.91 Å². The molecule has 1 fully saturated rings. The molecule has 0 unspecified atom stereocenters. The van der Waals surface area contributed by atoms with Crippen molar-refractivity contribution in [3.63, 3.8) is 0 Å². The van der Waals surface area contributed by atoms with Crippen LogP contribution in [0.15, 0.2) is 65.3 Å². The maximum absolute atomic E-state index is 12.5. The zero-order chi connectivity index (χ0) is 24.8. The molecule has 0 bridgehead atoms. The van der Waals surface area contributed by atoms with Crippen molar-refractivity contribution in [3.8, 4) is 5.75 Å². The summed E-state index contributed by atoms with van der Waals surface area (Å²) >= 11 is 0. The Hall–Kier alpha value is -4.07. The fraction of sp³-hybridized carbons (Fsp3) is 0.296. The van der Waals surface area contributed by atoms with E-state index in [4.69, 9.17) is 9.15 Å². The molecule has 1 saturated heterocycles. The van der Waals surface area contributed by atoms with Gasteiger partial charge in [0.1, 0.15) is 11.5 Å². The molecule has 2 heterocycles. The average Bonchev–Trinajstić information content (AvgIpc) is 3.52. The first-order valence-corrected chi connectivity index (χ1v) is 11.7. The van der Waals surface area contributed by atoms with E-state index in [0.717, 1.165) is 23.2 Å². The molecule has 2 aromatic carbocycles. The monoisotopic (exact) mass is 475 g/mol. The number of benzene rings is 2. The van der Waals surface area contributed by atoms with Crippen molar-refractivity contribution in [2.24, 2.45) is 5.92 Å². The molecule has 0 radical (unpaired) electrons. The highest BCUT2D eigenvalue weighted by Gasteiger charge is 2.35. The van der Waals surface area contributed by atoms with E-state index in [2.05, 4.69) is 10.6 Å². The molecule has 3 amide bonds. The molecule has 35 heavy (non-hydrogen) atoms. The number of aryl methyl sites for hydroxylation is 2. The quantitative estimate of drug-likeness (QED) is 0.490. The molecule has 1 atom stereocenters. The van der Waals surface area contributed by atoms with E-state index in [1.165, 1.54) is 0 Å². The molecule has 1 aromatic heterocycles. The molecule has 3 aromatic rings. The van der Waals surface area contributed by atoms with Gasteiger partial charge in [-0.05, 0) is 60.9 Å². The summed E-state index contributed by atoms with van der Waals surface area (Å²) in [6, 6.07) is 16.4. The first kappa shape index (κ1) is 24.1. The number of para-hydroxylation sites is 1. The number of nitrogens with one attached hydrogen (secondary N) is 2. The Bertz CT molecular complexity index is 1190. The number of carbonyl (C=O) groups is 3. The number of carbonyl (C=O) groups excluding carboxylic acids is 3. The van der Waals surface area contributed by atoms with Crippen molar-refractivity contribution < 1.29 is 23.5 Å². The largest absolute Gasteiger partial charge is 0.484 e. The van der Waals surface area contributed by atoms with Gasteiger partial charge in [-0.15, -0.1) is 0 Å². The third-order valence-corrected chi connectivity index (χ3v) is 6.04. The van der Waals surface area contributed by atoms with Gasteiger partial charge in [0.2, 0.25) is 11.8 Å². The highest BCUT2D eigenvalue weighted by Crippen LogP contribution is 2.27. The second-order valence-electron chi connectivity index (χ2n) is 8.50. The number of hydrogen-bond acceptors (Lipinski definition) is 5. The van der Waals surface area contributed by atoms with Crippen molar-refractivity contribution in [1.82, 2.24) is 5.32 Å². The highest BCUT2D eigenvalue weighted by molar-refractivity contribution is 6.00. The van der Waals surface area contributed by atoms with Crippen LogP contribution in [-0.4, -0.2) is 30.9 Å². The van der Waals surface area contributed by atoms with E-state index in [9.17, 15) is 14.4 Å². The van der Waals surface area contributed by atoms with E-state index in [-0.39, 0.29) is 30.7 Å². The van der Waals surface area contributed by atoms with Crippen LogP contribution in [0.1, 0.15) is 30.2 Å². The van der Waals surface area contributed by atoms with Crippen molar-refractivity contribution in [3.05, 3.63) is 77.7 Å². The van der Waals surface area contributed by atoms with Gasteiger partial charge in [0.15, 0.2) is 6.61 Å². The smallest absolute Gasteiger partial charge is 0.262 e. The van der Waals surface area contributed by atoms with Crippen LogP contribution in [0.4, 0.5) is 11.4 Å². The summed E-state index contributed by atoms with van der Waals surface area (Å²) < 4.78 is 10.9. The minimum Gasteiger partial charge on any atom is -0.484 e. The average molecular weight is 476 g/mol. The Morgan fingerprint density at radius 2 is 1.91 bits per heavy atom. The standard InChI is InChI=1S/C27H29N3O5/c1-3-19-7-4-6-18(2)26(19)29-24(31)17-35-22-11-9-21(10-12-22)30-16-20(14-25(30)32)27(33)28-15-23-8-5-13-34-23/h4-13,20H,3,14-17H2,1-2H3,(H,28,33)(H,29,31)/t20-/m1/s1. The van der Waals surface area contributed by atoms with Crippen molar-refractivity contribution in [1.29, 1.82) is 0 Å². The van der Waals surface area contributed by atoms with Gasteiger partial charge >= 0.3 is 0 Å². The molecular weight excluding hydrogens is 446 g/mol. The molecule has 1 aliphatic rings. The first-order chi connectivity index (χ1) is 16.9. The van der Waals surface area contributed by atoms with Gasteiger partial charge in [-0.2, -0.15) is 0 Å². The molecule has 0 aliphatic carbocycles. The zero-order valence-electron chi connectivity index (χ0n) is 19.9. The molecule has 1 aliphatic heterocycles. The SMILES string of the molecule is CCc1cccc(C)c1NC(=O)COc1ccc(N2C[C@H](C(=O)NCc3ccco3)CC2=O)cc1. The Balaban J connectivity index is 1.29. The number of amides is 3. The molecule has 2 N–H and O–H groups in total. The minimum absolute atomic E-state index is 0.110. The summed E-state index contributed by atoms with van der Waals surface area (Å²) in [4.78, 5) is 39.0. The molecule has 0 spiro atoms. The Morgan fingerprint density at radius 1 is 1.11 bits per heavy atom. The van der Waals surface area contributed by atoms with Gasteiger partial charge in [0.05, 0.1) is 18.7 Å². The number of furan rings is 1. The Labute approximate surface area is 204 Å². The molecule has 0 saturated carbocycles. The summed E-state index contributed by atoms with van der Waals surface area (Å²) in [7, 11) is 0. The minimum atomic E-state index is -0.425. The second-order valence-corrected chi connectivity index (χ2v) is 8.50. The summed E-state index contributed by atoms with van der Waals surface area (Å²) in [6.07, 6.45) is 2.52. The summed E-state index contributed by atoms with van der Waals surface area (Å²) in [5.74, 6) is 0.226. The van der Waals surface area contributed by atoms with Gasteiger partial charge < -0.3 is 24.7 Å². The van der Waals surface area contributed by atoms with E-state index in [0.29, 0.717) is 30.3 Å². The zero-order valence-corrected chi connectivity index (χ0v) is 19.9. The summed E-state index contributed by atoms with van der Waals surface area (Å²) in [5, 5.41) is 5.75. The van der Waals surface area contributed by atoms with E-state index in [1.807, 2.05) is 32.0 Å². The molecule has 8 nitrogen and oxygen atoms in total. The summed E-state index contributed by atoms with van der Waals surface area (Å²) in [5.41, 5.74) is 3.59. The molecular formula is C27H29N3O5. The predicted molar refractivity (Wildman–Crippen MR) is 132 cm³/mol. The van der Waals surface area contributed by atoms with Gasteiger partial charge in [-0.1, -0.05) is 25.1 Å². The molecule has 8 heteroatoms. The normalized spacial score (nSPS) is 15.2. The number of rotatable bonds is 9. The highest BCUT2D eigenvalue weighted by atomic mass is 16.5. The van der Waals surface area contributed by atoms with E-state index in [1.54, 1.807) is 47.6 Å². The van der Waals surface area contributed by atoms with Crippen LogP contribution in [0.3, 0.4) is 0 Å². The fourth-order valence-corrected chi connectivity index (χ4v) is 4.11. The lowest BCUT2D eigenvalue weighted by Gasteiger charge is -2.17. The van der Waals surface area contributed by atoms with Crippen LogP contribution < -0.4 is 20.3 Å². The van der Waals surface area contributed by atoms with Crippen LogP contribution in [0.5, 0.6) is 5.75 Å². The van der Waals surface area contributed by atoms with Crippen molar-refractivity contribution >= 4 is 29.1 Å². The maximum Gasteiger partial charge on any atom is 0.262 e. The third-order valence-electron chi connectivity index (χ3n) is 6.04. The fourth-order valence-electron chi connectivity index (χ4n) is 4.11. The topological polar surface area (TPSA) is 101 Å². The Kier molecular flexibility index (Phi) is 7.50. The number of anilines is 2. The lowest BCUT2D eigenvalue weighted by atomic mass is 10.1. The lowest BCUT2D eigenvalue weighted by molar-refractivity contribution is -0.126. The maximum atomic E-state index is 12.5. The molecule has 182 valence electrons. The van der Waals surface area contributed by atoms with Crippen LogP contribution in [0.2, 0.25) is 0 Å². The van der Waals surface area contributed by atoms with Crippen molar-refractivity contribution in [2.75, 3.05) is 23.4 Å².